The van der Waals surface area contributed by atoms with E-state index in [9.17, 15) is 23.2 Å². The van der Waals surface area contributed by atoms with Crippen molar-refractivity contribution < 1.29 is 27.8 Å². The lowest BCUT2D eigenvalue weighted by atomic mass is 10.1. The van der Waals surface area contributed by atoms with Gasteiger partial charge in [0.05, 0.1) is 19.8 Å². The monoisotopic (exact) mass is 461 g/mol. The van der Waals surface area contributed by atoms with Gasteiger partial charge in [0.25, 0.3) is 11.8 Å². The second kappa shape index (κ2) is 9.70. The number of halogens is 2. The maximum Gasteiger partial charge on any atom is 0.276 e. The molecule has 1 atom stereocenters. The molecule has 33 heavy (non-hydrogen) atoms. The van der Waals surface area contributed by atoms with Gasteiger partial charge in [0.2, 0.25) is 5.43 Å². The van der Waals surface area contributed by atoms with Crippen molar-refractivity contribution in [3.05, 3.63) is 63.1 Å². The van der Waals surface area contributed by atoms with Gasteiger partial charge in [0.15, 0.2) is 17.7 Å². The second-order valence-corrected chi connectivity index (χ2v) is 8.00. The molecule has 0 radical (unpaired) electrons. The van der Waals surface area contributed by atoms with Crippen LogP contribution in [0.15, 0.2) is 29.2 Å². The molecule has 0 aliphatic carbocycles. The van der Waals surface area contributed by atoms with Gasteiger partial charge < -0.3 is 24.3 Å². The van der Waals surface area contributed by atoms with Crippen molar-refractivity contribution >= 4 is 11.8 Å². The number of hydrogen-bond donors (Lipinski definition) is 1. The summed E-state index contributed by atoms with van der Waals surface area (Å²) in [5, 5.41) is 2.49. The highest BCUT2D eigenvalue weighted by Gasteiger charge is 2.38. The Morgan fingerprint density at radius 1 is 1.30 bits per heavy atom. The molecule has 0 spiro atoms. The molecule has 176 valence electrons. The Balaban J connectivity index is 1.66. The Bertz CT molecular complexity index is 1130. The van der Waals surface area contributed by atoms with Gasteiger partial charge in [-0.1, -0.05) is 19.4 Å². The first-order chi connectivity index (χ1) is 15.9. The number of fused-ring (bicyclic) bond motifs is 2. The zero-order chi connectivity index (χ0) is 23.5. The smallest absolute Gasteiger partial charge is 0.276 e. The minimum atomic E-state index is -0.804. The molecule has 1 unspecified atom stereocenters. The van der Waals surface area contributed by atoms with Crippen LogP contribution in [0.25, 0.3) is 0 Å². The lowest BCUT2D eigenvalue weighted by Gasteiger charge is -2.40. The van der Waals surface area contributed by atoms with E-state index in [-0.39, 0.29) is 48.2 Å². The average Bonchev–Trinajstić information content (AvgIpc) is 2.80. The summed E-state index contributed by atoms with van der Waals surface area (Å²) < 4.78 is 40.0. The van der Waals surface area contributed by atoms with Crippen LogP contribution in [0.4, 0.5) is 8.78 Å². The molecule has 1 fully saturated rings. The first kappa shape index (κ1) is 22.9. The Hall–Kier alpha value is -3.27. The highest BCUT2D eigenvalue weighted by Crippen LogP contribution is 2.27. The van der Waals surface area contributed by atoms with E-state index in [1.54, 1.807) is 4.90 Å². The average molecular weight is 461 g/mol. The number of carbonyl (C=O) groups excluding carboxylic acids is 2. The van der Waals surface area contributed by atoms with E-state index < -0.39 is 29.2 Å². The number of aromatic nitrogens is 1. The molecular formula is C23H25F2N3O5. The third kappa shape index (κ3) is 4.61. The van der Waals surface area contributed by atoms with Crippen LogP contribution in [-0.4, -0.2) is 47.3 Å². The number of pyridine rings is 1. The molecule has 0 saturated carbocycles. The van der Waals surface area contributed by atoms with Crippen molar-refractivity contribution in [1.82, 2.24) is 14.8 Å². The fourth-order valence-corrected chi connectivity index (χ4v) is 3.93. The number of amides is 2. The summed E-state index contributed by atoms with van der Waals surface area (Å²) in [6, 6.07) is 3.02. The van der Waals surface area contributed by atoms with Crippen LogP contribution in [-0.2, 0) is 17.8 Å². The zero-order valence-electron chi connectivity index (χ0n) is 18.2. The first-order valence-electron chi connectivity index (χ1n) is 11.0. The highest BCUT2D eigenvalue weighted by atomic mass is 19.1. The molecular weight excluding hydrogens is 436 g/mol. The number of ether oxygens (including phenoxy) is 2. The summed E-state index contributed by atoms with van der Waals surface area (Å²) in [7, 11) is 0. The van der Waals surface area contributed by atoms with Crippen molar-refractivity contribution in [3.8, 4) is 5.75 Å². The Morgan fingerprint density at radius 3 is 2.88 bits per heavy atom. The summed E-state index contributed by atoms with van der Waals surface area (Å²) in [6.07, 6.45) is 3.01. The van der Waals surface area contributed by atoms with Crippen LogP contribution in [0.3, 0.4) is 0 Å². The van der Waals surface area contributed by atoms with Gasteiger partial charge in [-0.05, 0) is 18.9 Å². The summed E-state index contributed by atoms with van der Waals surface area (Å²) >= 11 is 0. The minimum absolute atomic E-state index is 0.0728. The van der Waals surface area contributed by atoms with Crippen molar-refractivity contribution in [1.29, 1.82) is 0 Å². The zero-order valence-corrected chi connectivity index (χ0v) is 18.2. The second-order valence-electron chi connectivity index (χ2n) is 8.00. The number of benzene rings is 1. The van der Waals surface area contributed by atoms with E-state index in [4.69, 9.17) is 9.47 Å². The Labute approximate surface area is 189 Å². The van der Waals surface area contributed by atoms with Crippen LogP contribution in [0.1, 0.15) is 52.6 Å². The summed E-state index contributed by atoms with van der Waals surface area (Å²) in [6.45, 7) is 3.22. The topological polar surface area (TPSA) is 89.9 Å². The van der Waals surface area contributed by atoms with E-state index >= 15 is 0 Å². The molecule has 8 nitrogen and oxygen atoms in total. The number of unbranched alkanes of at least 4 members (excludes halogenated alkanes) is 1. The highest BCUT2D eigenvalue weighted by molar-refractivity contribution is 5.99. The number of nitrogens with one attached hydrogen (secondary N) is 1. The Kier molecular flexibility index (Phi) is 6.73. The van der Waals surface area contributed by atoms with Crippen LogP contribution >= 0.6 is 0 Å². The van der Waals surface area contributed by atoms with Gasteiger partial charge in [-0.2, -0.15) is 0 Å². The third-order valence-corrected chi connectivity index (χ3v) is 5.70. The van der Waals surface area contributed by atoms with Crippen molar-refractivity contribution in [3.63, 3.8) is 0 Å². The lowest BCUT2D eigenvalue weighted by molar-refractivity contribution is -0.0920. The third-order valence-electron chi connectivity index (χ3n) is 5.70. The van der Waals surface area contributed by atoms with Gasteiger partial charge >= 0.3 is 0 Å². The minimum Gasteiger partial charge on any atom is -0.487 e. The first-order valence-corrected chi connectivity index (χ1v) is 11.0. The molecule has 2 amide bonds. The van der Waals surface area contributed by atoms with Gasteiger partial charge in [-0.3, -0.25) is 14.4 Å². The van der Waals surface area contributed by atoms with E-state index in [0.717, 1.165) is 18.6 Å². The molecule has 1 aromatic carbocycles. The van der Waals surface area contributed by atoms with Crippen molar-refractivity contribution in [2.75, 3.05) is 19.8 Å². The molecule has 1 saturated heterocycles. The van der Waals surface area contributed by atoms with E-state index in [2.05, 4.69) is 5.32 Å². The van der Waals surface area contributed by atoms with Gasteiger partial charge in [-0.25, -0.2) is 8.78 Å². The molecule has 3 heterocycles. The molecule has 0 bridgehead atoms. The summed E-state index contributed by atoms with van der Waals surface area (Å²) in [4.78, 5) is 40.7. The van der Waals surface area contributed by atoms with Gasteiger partial charge in [-0.15, -0.1) is 0 Å². The maximum atomic E-state index is 13.9. The quantitative estimate of drug-likeness (QED) is 0.640. The fraction of sp³-hybridized carbons (Fsp3) is 0.435. The van der Waals surface area contributed by atoms with E-state index in [0.29, 0.717) is 26.0 Å². The normalized spacial score (nSPS) is 17.4. The van der Waals surface area contributed by atoms with E-state index in [1.165, 1.54) is 16.8 Å². The number of rotatable bonds is 7. The fourth-order valence-electron chi connectivity index (χ4n) is 3.93. The van der Waals surface area contributed by atoms with Gasteiger partial charge in [0, 0.05) is 30.9 Å². The standard InChI is InChI=1S/C23H25F2N3O5/c1-2-3-8-33-21-19-23(31)28-7-4-9-32-18(28)13-27(19)12-16(20(21)29)22(30)26-11-14-5-6-15(24)10-17(14)25/h5-6,10,12,18H,2-4,7-9,11,13H2,1H3,(H,26,30). The molecule has 4 rings (SSSR count). The molecule has 2 aliphatic rings. The molecule has 2 aromatic rings. The molecule has 2 aliphatic heterocycles. The van der Waals surface area contributed by atoms with Crippen LogP contribution in [0.5, 0.6) is 5.75 Å². The number of nitrogens with zero attached hydrogens (tertiary/aromatic N) is 2. The largest absolute Gasteiger partial charge is 0.487 e. The number of carbonyl (C=O) groups is 2. The maximum absolute atomic E-state index is 13.9. The SMILES string of the molecule is CCCCOc1c2n(cc(C(=O)NCc3ccc(F)cc3F)c1=O)CC1OCCCN1C2=O. The lowest BCUT2D eigenvalue weighted by Crippen LogP contribution is -2.53. The van der Waals surface area contributed by atoms with Gasteiger partial charge in [0.1, 0.15) is 17.2 Å². The van der Waals surface area contributed by atoms with Crippen molar-refractivity contribution in [2.24, 2.45) is 0 Å². The molecule has 1 N–H and O–H groups in total. The van der Waals surface area contributed by atoms with Crippen molar-refractivity contribution in [2.45, 2.75) is 45.5 Å². The predicted octanol–water partition coefficient (Wildman–Crippen LogP) is 2.44. The number of hydrogen-bond acceptors (Lipinski definition) is 5. The summed E-state index contributed by atoms with van der Waals surface area (Å²) in [5.74, 6) is -2.83. The van der Waals surface area contributed by atoms with E-state index in [1.807, 2.05) is 6.92 Å². The molecule has 10 heteroatoms. The Morgan fingerprint density at radius 2 is 2.12 bits per heavy atom. The summed E-state index contributed by atoms with van der Waals surface area (Å²) in [5.41, 5.74) is -0.772. The molecule has 1 aromatic heterocycles. The predicted molar refractivity (Wildman–Crippen MR) is 114 cm³/mol. The van der Waals surface area contributed by atoms with Crippen LogP contribution < -0.4 is 15.5 Å². The van der Waals surface area contributed by atoms with Crippen LogP contribution in [0.2, 0.25) is 0 Å². The van der Waals surface area contributed by atoms with Crippen LogP contribution in [0, 0.1) is 11.6 Å².